The van der Waals surface area contributed by atoms with Crippen molar-refractivity contribution in [3.63, 3.8) is 0 Å². The van der Waals surface area contributed by atoms with Crippen LogP contribution in [0.4, 0.5) is 0 Å². The first-order valence-electron chi connectivity index (χ1n) is 7.53. The molecule has 0 bridgehead atoms. The van der Waals surface area contributed by atoms with Gasteiger partial charge >= 0.3 is 0 Å². The van der Waals surface area contributed by atoms with E-state index < -0.39 is 10.0 Å². The lowest BCUT2D eigenvalue weighted by Crippen LogP contribution is -3.14. The monoisotopic (exact) mass is 359 g/mol. The fraction of sp³-hybridized carbons (Fsp3) is 0.467. The standard InChI is InChI=1S/C15H19ClN2O4S/c1-12(16)11-17-4-6-18(7-5-17)23(19,20)13-2-3-14-15(10-13)22-9-8-21-14/h2-3,10H,1,4-9,11H2/p+1. The van der Waals surface area contributed by atoms with E-state index >= 15 is 0 Å². The van der Waals surface area contributed by atoms with Gasteiger partial charge in [0.25, 0.3) is 0 Å². The van der Waals surface area contributed by atoms with E-state index in [0.29, 0.717) is 49.4 Å². The van der Waals surface area contributed by atoms with Gasteiger partial charge in [-0.1, -0.05) is 18.2 Å². The lowest BCUT2D eigenvalue weighted by atomic mass is 10.3. The summed E-state index contributed by atoms with van der Waals surface area (Å²) in [6, 6.07) is 4.77. The van der Waals surface area contributed by atoms with Gasteiger partial charge in [-0.05, 0) is 12.1 Å². The Kier molecular flexibility index (Phi) is 4.82. The summed E-state index contributed by atoms with van der Waals surface area (Å²) < 4.78 is 38.0. The molecule has 0 spiro atoms. The summed E-state index contributed by atoms with van der Waals surface area (Å²) in [7, 11) is -3.52. The quantitative estimate of drug-likeness (QED) is 0.828. The first kappa shape index (κ1) is 16.6. The van der Waals surface area contributed by atoms with Gasteiger partial charge in [0.05, 0.1) is 36.1 Å². The summed E-state index contributed by atoms with van der Waals surface area (Å²) in [4.78, 5) is 1.49. The Labute approximate surface area is 141 Å². The van der Waals surface area contributed by atoms with Crippen LogP contribution < -0.4 is 14.4 Å². The number of hydrogen-bond donors (Lipinski definition) is 1. The molecule has 1 aromatic rings. The molecule has 1 fully saturated rings. The molecule has 2 heterocycles. The van der Waals surface area contributed by atoms with Gasteiger partial charge in [-0.25, -0.2) is 8.42 Å². The van der Waals surface area contributed by atoms with Crippen molar-refractivity contribution in [3.05, 3.63) is 29.8 Å². The molecule has 0 aliphatic carbocycles. The highest BCUT2D eigenvalue weighted by atomic mass is 35.5. The Bertz CT molecular complexity index is 699. The van der Waals surface area contributed by atoms with Crippen LogP contribution in [0.5, 0.6) is 11.5 Å². The van der Waals surface area contributed by atoms with E-state index in [1.165, 1.54) is 9.21 Å². The smallest absolute Gasteiger partial charge is 0.243 e. The maximum Gasteiger partial charge on any atom is 0.243 e. The lowest BCUT2D eigenvalue weighted by Gasteiger charge is -2.31. The van der Waals surface area contributed by atoms with Crippen LogP contribution in [0.15, 0.2) is 34.7 Å². The minimum atomic E-state index is -3.52. The van der Waals surface area contributed by atoms with Gasteiger partial charge in [-0.3, -0.25) is 0 Å². The van der Waals surface area contributed by atoms with Gasteiger partial charge in [0.15, 0.2) is 11.5 Å². The van der Waals surface area contributed by atoms with Gasteiger partial charge in [-0.2, -0.15) is 4.31 Å². The Morgan fingerprint density at radius 2 is 1.87 bits per heavy atom. The van der Waals surface area contributed by atoms with Crippen molar-refractivity contribution in [2.45, 2.75) is 4.90 Å². The van der Waals surface area contributed by atoms with E-state index in [0.717, 1.165) is 13.1 Å². The van der Waals surface area contributed by atoms with Crippen LogP contribution in [-0.4, -0.2) is 58.7 Å². The van der Waals surface area contributed by atoms with Crippen LogP contribution in [0, 0.1) is 0 Å². The SMILES string of the molecule is C=C(Cl)C[NH+]1CCN(S(=O)(=O)c2ccc3c(c2)OCCO3)CC1. The van der Waals surface area contributed by atoms with Gasteiger partial charge in [0.1, 0.15) is 19.8 Å². The van der Waals surface area contributed by atoms with Crippen LogP contribution in [0.25, 0.3) is 0 Å². The fourth-order valence-corrected chi connectivity index (χ4v) is 4.47. The Morgan fingerprint density at radius 3 is 2.52 bits per heavy atom. The number of halogens is 1. The number of sulfonamides is 1. The molecule has 0 aromatic heterocycles. The summed E-state index contributed by atoms with van der Waals surface area (Å²) in [5.74, 6) is 1.07. The summed E-state index contributed by atoms with van der Waals surface area (Å²) in [6.07, 6.45) is 0. The minimum Gasteiger partial charge on any atom is -0.486 e. The molecule has 0 amide bonds. The second-order valence-corrected chi connectivity index (χ2v) is 8.13. The zero-order valence-corrected chi connectivity index (χ0v) is 14.3. The molecule has 2 aliphatic heterocycles. The second-order valence-electron chi connectivity index (χ2n) is 5.65. The largest absolute Gasteiger partial charge is 0.486 e. The highest BCUT2D eigenvalue weighted by molar-refractivity contribution is 7.89. The Hall–Kier alpha value is -1.28. The molecular weight excluding hydrogens is 340 g/mol. The third kappa shape index (κ3) is 3.63. The number of benzene rings is 1. The summed E-state index contributed by atoms with van der Waals surface area (Å²) >= 11 is 5.83. The molecule has 0 saturated carbocycles. The molecule has 23 heavy (non-hydrogen) atoms. The topological polar surface area (TPSA) is 60.3 Å². The summed E-state index contributed by atoms with van der Waals surface area (Å²) in [5.41, 5.74) is 0. The van der Waals surface area contributed by atoms with E-state index in [-0.39, 0.29) is 4.90 Å². The number of nitrogens with zero attached hydrogens (tertiary/aromatic N) is 1. The Balaban J connectivity index is 1.73. The molecule has 1 aromatic carbocycles. The van der Waals surface area contributed by atoms with Crippen molar-refractivity contribution < 1.29 is 22.8 Å². The highest BCUT2D eigenvalue weighted by Gasteiger charge is 2.31. The van der Waals surface area contributed by atoms with Gasteiger partial charge in [0.2, 0.25) is 10.0 Å². The number of quaternary nitrogens is 1. The van der Waals surface area contributed by atoms with Crippen LogP contribution in [0.3, 0.4) is 0 Å². The van der Waals surface area contributed by atoms with E-state index in [4.69, 9.17) is 21.1 Å². The van der Waals surface area contributed by atoms with E-state index in [2.05, 4.69) is 6.58 Å². The third-order valence-corrected chi connectivity index (χ3v) is 6.05. The highest BCUT2D eigenvalue weighted by Crippen LogP contribution is 2.33. The molecule has 2 aliphatic rings. The average Bonchev–Trinajstić information content (AvgIpc) is 2.54. The average molecular weight is 360 g/mol. The number of fused-ring (bicyclic) bond motifs is 1. The molecular formula is C15H20ClN2O4S+. The number of hydrogen-bond acceptors (Lipinski definition) is 4. The Morgan fingerprint density at radius 1 is 1.22 bits per heavy atom. The molecule has 0 unspecified atom stereocenters. The van der Waals surface area contributed by atoms with Gasteiger partial charge < -0.3 is 14.4 Å². The van der Waals surface area contributed by atoms with Crippen molar-refractivity contribution in [2.24, 2.45) is 0 Å². The molecule has 0 radical (unpaired) electrons. The minimum absolute atomic E-state index is 0.243. The molecule has 8 heteroatoms. The predicted molar refractivity (Wildman–Crippen MR) is 86.7 cm³/mol. The molecule has 1 saturated heterocycles. The van der Waals surface area contributed by atoms with Crippen LogP contribution in [0.1, 0.15) is 0 Å². The zero-order valence-electron chi connectivity index (χ0n) is 12.8. The maximum absolute atomic E-state index is 12.8. The van der Waals surface area contributed by atoms with Crippen LogP contribution >= 0.6 is 11.6 Å². The molecule has 6 nitrogen and oxygen atoms in total. The van der Waals surface area contributed by atoms with Crippen molar-refractivity contribution in [1.29, 1.82) is 0 Å². The molecule has 1 N–H and O–H groups in total. The normalized spacial score (nSPS) is 19.5. The lowest BCUT2D eigenvalue weighted by molar-refractivity contribution is -0.898. The predicted octanol–water partition coefficient (Wildman–Crippen LogP) is 0.0995. The van der Waals surface area contributed by atoms with Crippen molar-refractivity contribution in [3.8, 4) is 11.5 Å². The number of piperazine rings is 1. The van der Waals surface area contributed by atoms with Crippen molar-refractivity contribution in [2.75, 3.05) is 45.9 Å². The van der Waals surface area contributed by atoms with Gasteiger partial charge in [0, 0.05) is 6.07 Å². The first-order valence-corrected chi connectivity index (χ1v) is 9.35. The zero-order chi connectivity index (χ0) is 16.4. The van der Waals surface area contributed by atoms with Crippen LogP contribution in [-0.2, 0) is 10.0 Å². The maximum atomic E-state index is 12.8. The van der Waals surface area contributed by atoms with Crippen LogP contribution in [0.2, 0.25) is 0 Å². The van der Waals surface area contributed by atoms with E-state index in [1.54, 1.807) is 18.2 Å². The number of nitrogens with one attached hydrogen (secondary N) is 1. The number of ether oxygens (including phenoxy) is 2. The first-order chi connectivity index (χ1) is 11.0. The summed E-state index contributed by atoms with van der Waals surface area (Å²) in [5, 5.41) is 0.600. The van der Waals surface area contributed by atoms with E-state index in [1.807, 2.05) is 0 Å². The molecule has 0 atom stereocenters. The molecule has 126 valence electrons. The summed E-state index contributed by atoms with van der Waals surface area (Å²) in [6.45, 7) is 7.64. The number of rotatable bonds is 4. The van der Waals surface area contributed by atoms with Gasteiger partial charge in [-0.15, -0.1) is 0 Å². The van der Waals surface area contributed by atoms with E-state index in [9.17, 15) is 8.42 Å². The third-order valence-electron chi connectivity index (χ3n) is 4.02. The van der Waals surface area contributed by atoms with Crippen molar-refractivity contribution in [1.82, 2.24) is 4.31 Å². The second kappa shape index (κ2) is 6.68. The molecule has 3 rings (SSSR count). The fourth-order valence-electron chi connectivity index (χ4n) is 2.82. The van der Waals surface area contributed by atoms with Crippen molar-refractivity contribution >= 4 is 21.6 Å².